The molecule has 1 aromatic carbocycles. The van der Waals surface area contributed by atoms with Gasteiger partial charge in [-0.2, -0.15) is 0 Å². The minimum atomic E-state index is -0.0640. The highest BCUT2D eigenvalue weighted by atomic mass is 16.3. The zero-order valence-electron chi connectivity index (χ0n) is 9.07. The smallest absolute Gasteiger partial charge is 0.237 e. The molecule has 16 heavy (non-hydrogen) atoms. The zero-order chi connectivity index (χ0) is 11.4. The number of carbonyl (C=O) groups excluding carboxylic acids is 1. The third-order valence-corrected chi connectivity index (χ3v) is 2.82. The molecule has 1 heterocycles. The Kier molecular flexibility index (Phi) is 3.41. The van der Waals surface area contributed by atoms with Crippen LogP contribution < -0.4 is 10.6 Å². The Morgan fingerprint density at radius 3 is 3.00 bits per heavy atom. The van der Waals surface area contributed by atoms with E-state index >= 15 is 0 Å². The van der Waals surface area contributed by atoms with E-state index in [-0.39, 0.29) is 17.7 Å². The Morgan fingerprint density at radius 1 is 1.50 bits per heavy atom. The summed E-state index contributed by atoms with van der Waals surface area (Å²) in [5.74, 6) is 0.239. The van der Waals surface area contributed by atoms with E-state index in [0.29, 0.717) is 6.54 Å². The van der Waals surface area contributed by atoms with Crippen LogP contribution in [-0.2, 0) is 11.3 Å². The van der Waals surface area contributed by atoms with Gasteiger partial charge in [-0.3, -0.25) is 4.79 Å². The van der Waals surface area contributed by atoms with E-state index in [2.05, 4.69) is 10.6 Å². The quantitative estimate of drug-likeness (QED) is 0.704. The minimum absolute atomic E-state index is 0.0146. The van der Waals surface area contributed by atoms with E-state index in [9.17, 15) is 9.90 Å². The standard InChI is InChI=1S/C12H16N2O2/c15-11-6-2-1-4-9(11)8-14-12(16)10-5-3-7-13-10/h1-2,4,6,10,13,15H,3,5,7-8H2,(H,14,16). The van der Waals surface area contributed by atoms with E-state index in [1.807, 2.05) is 6.07 Å². The lowest BCUT2D eigenvalue weighted by molar-refractivity contribution is -0.122. The zero-order valence-corrected chi connectivity index (χ0v) is 9.07. The Hall–Kier alpha value is -1.55. The van der Waals surface area contributed by atoms with Crippen molar-refractivity contribution < 1.29 is 9.90 Å². The molecule has 0 aromatic heterocycles. The van der Waals surface area contributed by atoms with Crippen molar-refractivity contribution in [1.82, 2.24) is 10.6 Å². The van der Waals surface area contributed by atoms with Gasteiger partial charge in [-0.25, -0.2) is 0 Å². The second kappa shape index (κ2) is 4.99. The van der Waals surface area contributed by atoms with E-state index in [0.717, 1.165) is 24.9 Å². The molecular weight excluding hydrogens is 204 g/mol. The molecule has 1 aromatic rings. The summed E-state index contributed by atoms with van der Waals surface area (Å²) in [6.07, 6.45) is 1.95. The molecule has 0 spiro atoms. The van der Waals surface area contributed by atoms with E-state index in [1.54, 1.807) is 18.2 Å². The van der Waals surface area contributed by atoms with Crippen LogP contribution in [0.3, 0.4) is 0 Å². The van der Waals surface area contributed by atoms with E-state index < -0.39 is 0 Å². The number of hydrogen-bond acceptors (Lipinski definition) is 3. The third-order valence-electron chi connectivity index (χ3n) is 2.82. The summed E-state index contributed by atoms with van der Waals surface area (Å²) in [7, 11) is 0. The molecule has 4 nitrogen and oxygen atoms in total. The normalized spacial score (nSPS) is 19.6. The molecular formula is C12H16N2O2. The summed E-state index contributed by atoms with van der Waals surface area (Å²) >= 11 is 0. The summed E-state index contributed by atoms with van der Waals surface area (Å²) in [5.41, 5.74) is 0.744. The number of aromatic hydroxyl groups is 1. The van der Waals surface area contributed by atoms with Crippen LogP contribution in [0.5, 0.6) is 5.75 Å². The van der Waals surface area contributed by atoms with Crippen LogP contribution in [-0.4, -0.2) is 23.6 Å². The van der Waals surface area contributed by atoms with Gasteiger partial charge in [0.05, 0.1) is 6.04 Å². The van der Waals surface area contributed by atoms with Gasteiger partial charge >= 0.3 is 0 Å². The molecule has 1 amide bonds. The van der Waals surface area contributed by atoms with Gasteiger partial charge in [-0.05, 0) is 25.5 Å². The maximum atomic E-state index is 11.7. The molecule has 2 rings (SSSR count). The lowest BCUT2D eigenvalue weighted by atomic mass is 10.2. The van der Waals surface area contributed by atoms with Crippen molar-refractivity contribution in [3.63, 3.8) is 0 Å². The SMILES string of the molecule is O=C(NCc1ccccc1O)C1CCCN1. The fraction of sp³-hybridized carbons (Fsp3) is 0.417. The topological polar surface area (TPSA) is 61.4 Å². The van der Waals surface area contributed by atoms with Crippen LogP contribution in [0.4, 0.5) is 0 Å². The number of amides is 1. The van der Waals surface area contributed by atoms with Crippen molar-refractivity contribution in [3.8, 4) is 5.75 Å². The maximum Gasteiger partial charge on any atom is 0.237 e. The van der Waals surface area contributed by atoms with Crippen LogP contribution >= 0.6 is 0 Å². The average molecular weight is 220 g/mol. The van der Waals surface area contributed by atoms with Crippen molar-refractivity contribution in [1.29, 1.82) is 0 Å². The maximum absolute atomic E-state index is 11.7. The summed E-state index contributed by atoms with van der Waals surface area (Å²) in [5, 5.41) is 15.5. The highest BCUT2D eigenvalue weighted by Gasteiger charge is 2.21. The molecule has 4 heteroatoms. The number of benzene rings is 1. The Morgan fingerprint density at radius 2 is 2.31 bits per heavy atom. The van der Waals surface area contributed by atoms with Gasteiger partial charge in [0.2, 0.25) is 5.91 Å². The monoisotopic (exact) mass is 220 g/mol. The second-order valence-electron chi connectivity index (χ2n) is 4.00. The molecule has 0 radical (unpaired) electrons. The summed E-state index contributed by atoms with van der Waals surface area (Å²) in [4.78, 5) is 11.7. The molecule has 1 atom stereocenters. The van der Waals surface area contributed by atoms with Crippen LogP contribution in [0.15, 0.2) is 24.3 Å². The average Bonchev–Trinajstić information content (AvgIpc) is 2.81. The highest BCUT2D eigenvalue weighted by Crippen LogP contribution is 2.15. The number of carbonyl (C=O) groups is 1. The molecule has 1 saturated heterocycles. The van der Waals surface area contributed by atoms with Gasteiger partial charge in [-0.15, -0.1) is 0 Å². The first kappa shape index (κ1) is 11.0. The Bertz CT molecular complexity index is 373. The fourth-order valence-corrected chi connectivity index (χ4v) is 1.87. The lowest BCUT2D eigenvalue weighted by Crippen LogP contribution is -2.39. The first-order valence-corrected chi connectivity index (χ1v) is 5.55. The molecule has 0 saturated carbocycles. The molecule has 1 unspecified atom stereocenters. The Balaban J connectivity index is 1.87. The molecule has 1 fully saturated rings. The van der Waals surface area contributed by atoms with Gasteiger partial charge < -0.3 is 15.7 Å². The van der Waals surface area contributed by atoms with Crippen molar-refractivity contribution in [2.45, 2.75) is 25.4 Å². The van der Waals surface area contributed by atoms with Gasteiger partial charge in [0.1, 0.15) is 5.75 Å². The molecule has 0 bridgehead atoms. The predicted molar refractivity (Wildman–Crippen MR) is 61.0 cm³/mol. The lowest BCUT2D eigenvalue weighted by Gasteiger charge is -2.11. The first-order valence-electron chi connectivity index (χ1n) is 5.55. The Labute approximate surface area is 94.7 Å². The minimum Gasteiger partial charge on any atom is -0.508 e. The van der Waals surface area contributed by atoms with Crippen molar-refractivity contribution in [3.05, 3.63) is 29.8 Å². The molecule has 0 aliphatic carbocycles. The molecule has 86 valence electrons. The largest absolute Gasteiger partial charge is 0.508 e. The third kappa shape index (κ3) is 2.52. The first-order chi connectivity index (χ1) is 7.77. The molecule has 1 aliphatic heterocycles. The van der Waals surface area contributed by atoms with Crippen LogP contribution in [0.2, 0.25) is 0 Å². The number of hydrogen-bond donors (Lipinski definition) is 3. The van der Waals surface area contributed by atoms with Gasteiger partial charge in [0, 0.05) is 12.1 Å². The predicted octanol–water partition coefficient (Wildman–Crippen LogP) is 0.760. The fourth-order valence-electron chi connectivity index (χ4n) is 1.87. The number of para-hydroxylation sites is 1. The van der Waals surface area contributed by atoms with Crippen LogP contribution in [0.25, 0.3) is 0 Å². The second-order valence-corrected chi connectivity index (χ2v) is 4.00. The van der Waals surface area contributed by atoms with E-state index in [4.69, 9.17) is 0 Å². The number of rotatable bonds is 3. The summed E-state index contributed by atoms with van der Waals surface area (Å²) < 4.78 is 0. The number of phenolic OH excluding ortho intramolecular Hbond substituents is 1. The van der Waals surface area contributed by atoms with Gasteiger partial charge in [0.15, 0.2) is 0 Å². The van der Waals surface area contributed by atoms with Crippen LogP contribution in [0.1, 0.15) is 18.4 Å². The summed E-state index contributed by atoms with van der Waals surface area (Å²) in [6, 6.07) is 6.96. The summed E-state index contributed by atoms with van der Waals surface area (Å²) in [6.45, 7) is 1.29. The van der Waals surface area contributed by atoms with Crippen LogP contribution in [0, 0.1) is 0 Å². The molecule has 3 N–H and O–H groups in total. The number of nitrogens with one attached hydrogen (secondary N) is 2. The van der Waals surface area contributed by atoms with Gasteiger partial charge in [-0.1, -0.05) is 18.2 Å². The molecule has 1 aliphatic rings. The van der Waals surface area contributed by atoms with Gasteiger partial charge in [0.25, 0.3) is 0 Å². The van der Waals surface area contributed by atoms with Crippen molar-refractivity contribution in [2.75, 3.05) is 6.54 Å². The number of phenols is 1. The highest BCUT2D eigenvalue weighted by molar-refractivity contribution is 5.82. The van der Waals surface area contributed by atoms with Crippen molar-refractivity contribution in [2.24, 2.45) is 0 Å². The van der Waals surface area contributed by atoms with E-state index in [1.165, 1.54) is 0 Å². The van der Waals surface area contributed by atoms with Crippen molar-refractivity contribution >= 4 is 5.91 Å².